The van der Waals surface area contributed by atoms with Gasteiger partial charge in [0.25, 0.3) is 0 Å². The van der Waals surface area contributed by atoms with Gasteiger partial charge in [-0.15, -0.1) is 0 Å². The zero-order valence-corrected chi connectivity index (χ0v) is 11.5. The molecule has 1 aliphatic rings. The van der Waals surface area contributed by atoms with Crippen molar-refractivity contribution in [2.24, 2.45) is 0 Å². The Morgan fingerprint density at radius 1 is 1.40 bits per heavy atom. The van der Waals surface area contributed by atoms with E-state index in [0.717, 1.165) is 43.3 Å². The van der Waals surface area contributed by atoms with Gasteiger partial charge < -0.3 is 9.42 Å². The third-order valence-corrected chi connectivity index (χ3v) is 3.68. The Balaban J connectivity index is 1.88. The normalized spacial score (nSPS) is 19.1. The van der Waals surface area contributed by atoms with Crippen LogP contribution in [0.2, 0.25) is 0 Å². The van der Waals surface area contributed by atoms with E-state index in [1.807, 2.05) is 31.2 Å². The molecule has 1 aromatic carbocycles. The van der Waals surface area contributed by atoms with Crippen LogP contribution < -0.4 is 0 Å². The number of amides is 1. The van der Waals surface area contributed by atoms with E-state index in [0.29, 0.717) is 11.7 Å². The highest BCUT2D eigenvalue weighted by Gasteiger charge is 2.27. The maximum absolute atomic E-state index is 11.1. The van der Waals surface area contributed by atoms with Crippen LogP contribution in [0.1, 0.15) is 36.8 Å². The lowest BCUT2D eigenvalue weighted by Crippen LogP contribution is -2.32. The molecule has 0 bridgehead atoms. The molecule has 0 N–H and O–H groups in total. The van der Waals surface area contributed by atoms with Gasteiger partial charge in [-0.1, -0.05) is 28.9 Å². The monoisotopic (exact) mass is 271 g/mol. The van der Waals surface area contributed by atoms with E-state index in [9.17, 15) is 4.79 Å². The van der Waals surface area contributed by atoms with Gasteiger partial charge in [-0.05, 0) is 32.3 Å². The molecule has 20 heavy (non-hydrogen) atoms. The summed E-state index contributed by atoms with van der Waals surface area (Å²) in [6.07, 6.45) is 3.87. The molecule has 5 heteroatoms. The molecule has 5 nitrogen and oxygen atoms in total. The van der Waals surface area contributed by atoms with Crippen LogP contribution in [-0.4, -0.2) is 28.0 Å². The minimum atomic E-state index is -0.0766. The number of carbonyl (C=O) groups excluding carboxylic acids is 1. The number of likely N-dealkylation sites (tertiary alicyclic amines) is 1. The molecule has 1 atom stereocenters. The number of carbonyl (C=O) groups is 1. The molecule has 1 saturated heterocycles. The number of hydrogen-bond donors (Lipinski definition) is 0. The number of rotatable bonds is 3. The Hall–Kier alpha value is -2.17. The van der Waals surface area contributed by atoms with Crippen molar-refractivity contribution >= 4 is 6.41 Å². The minimum absolute atomic E-state index is 0.0766. The number of nitrogens with zero attached hydrogens (tertiary/aromatic N) is 3. The molecule has 1 fully saturated rings. The second-order valence-corrected chi connectivity index (χ2v) is 5.18. The van der Waals surface area contributed by atoms with Crippen molar-refractivity contribution in [3.05, 3.63) is 35.7 Å². The first kappa shape index (κ1) is 12.8. The molecule has 1 aromatic heterocycles. The number of piperidine rings is 1. The van der Waals surface area contributed by atoms with Crippen molar-refractivity contribution in [2.45, 2.75) is 32.2 Å². The van der Waals surface area contributed by atoms with Gasteiger partial charge >= 0.3 is 0 Å². The Morgan fingerprint density at radius 3 is 3.10 bits per heavy atom. The first-order valence-corrected chi connectivity index (χ1v) is 6.89. The van der Waals surface area contributed by atoms with Crippen LogP contribution in [0.25, 0.3) is 11.4 Å². The second kappa shape index (κ2) is 5.45. The predicted molar refractivity (Wildman–Crippen MR) is 73.8 cm³/mol. The molecular formula is C15H17N3O2. The van der Waals surface area contributed by atoms with Crippen molar-refractivity contribution in [3.8, 4) is 11.4 Å². The van der Waals surface area contributed by atoms with Crippen LogP contribution in [-0.2, 0) is 4.79 Å². The van der Waals surface area contributed by atoms with E-state index in [4.69, 9.17) is 4.52 Å². The highest BCUT2D eigenvalue weighted by Crippen LogP contribution is 2.29. The van der Waals surface area contributed by atoms with Crippen LogP contribution in [0.5, 0.6) is 0 Å². The molecule has 2 heterocycles. The van der Waals surface area contributed by atoms with Gasteiger partial charge in [-0.2, -0.15) is 4.98 Å². The lowest BCUT2D eigenvalue weighted by molar-refractivity contribution is -0.122. The average Bonchev–Trinajstić information content (AvgIpc) is 2.97. The standard InChI is InChI=1S/C15H17N3O2/c1-11-5-4-6-12(9-11)14-16-15(20-17-14)13-7-2-3-8-18(13)10-19/h4-6,9-10,13H,2-3,7-8H2,1H3. The van der Waals surface area contributed by atoms with E-state index < -0.39 is 0 Å². The number of aromatic nitrogens is 2. The molecule has 1 unspecified atom stereocenters. The van der Waals surface area contributed by atoms with Crippen molar-refractivity contribution in [2.75, 3.05) is 6.54 Å². The Labute approximate surface area is 117 Å². The molecule has 104 valence electrons. The van der Waals surface area contributed by atoms with Gasteiger partial charge in [0.2, 0.25) is 18.1 Å². The van der Waals surface area contributed by atoms with Crippen LogP contribution >= 0.6 is 0 Å². The third kappa shape index (κ3) is 2.43. The fourth-order valence-electron chi connectivity index (χ4n) is 2.62. The topological polar surface area (TPSA) is 59.2 Å². The average molecular weight is 271 g/mol. The summed E-state index contributed by atoms with van der Waals surface area (Å²) in [5, 5.41) is 4.04. The van der Waals surface area contributed by atoms with E-state index >= 15 is 0 Å². The van der Waals surface area contributed by atoms with E-state index in [2.05, 4.69) is 10.1 Å². The molecule has 1 amide bonds. The molecule has 2 aromatic rings. The predicted octanol–water partition coefficient (Wildman–Crippen LogP) is 2.73. The van der Waals surface area contributed by atoms with Gasteiger partial charge in [0.05, 0.1) is 0 Å². The lowest BCUT2D eigenvalue weighted by atomic mass is 10.0. The van der Waals surface area contributed by atoms with Gasteiger partial charge in [0, 0.05) is 12.1 Å². The number of benzene rings is 1. The molecule has 3 rings (SSSR count). The largest absolute Gasteiger partial charge is 0.337 e. The summed E-state index contributed by atoms with van der Waals surface area (Å²) in [6.45, 7) is 2.79. The Kier molecular flexibility index (Phi) is 3.50. The summed E-state index contributed by atoms with van der Waals surface area (Å²) in [4.78, 5) is 17.3. The van der Waals surface area contributed by atoms with Gasteiger partial charge in [-0.3, -0.25) is 4.79 Å². The van der Waals surface area contributed by atoms with E-state index in [-0.39, 0.29) is 6.04 Å². The molecule has 0 radical (unpaired) electrons. The summed E-state index contributed by atoms with van der Waals surface area (Å²) >= 11 is 0. The van der Waals surface area contributed by atoms with Crippen LogP contribution in [0, 0.1) is 6.92 Å². The summed E-state index contributed by atoms with van der Waals surface area (Å²) < 4.78 is 5.37. The fraction of sp³-hybridized carbons (Fsp3) is 0.400. The molecule has 0 aliphatic carbocycles. The van der Waals surface area contributed by atoms with Gasteiger partial charge in [0.15, 0.2) is 0 Å². The van der Waals surface area contributed by atoms with Crippen molar-refractivity contribution < 1.29 is 9.32 Å². The van der Waals surface area contributed by atoms with Crippen molar-refractivity contribution in [1.82, 2.24) is 15.0 Å². The van der Waals surface area contributed by atoms with Crippen molar-refractivity contribution in [3.63, 3.8) is 0 Å². The molecule has 0 spiro atoms. The molecule has 0 saturated carbocycles. The maximum Gasteiger partial charge on any atom is 0.249 e. The smallest absolute Gasteiger partial charge is 0.249 e. The zero-order valence-electron chi connectivity index (χ0n) is 11.5. The molecule has 1 aliphatic heterocycles. The SMILES string of the molecule is Cc1cccc(-c2noc(C3CCCCN3C=O)n2)c1. The minimum Gasteiger partial charge on any atom is -0.337 e. The van der Waals surface area contributed by atoms with Crippen LogP contribution in [0.4, 0.5) is 0 Å². The number of hydrogen-bond acceptors (Lipinski definition) is 4. The van der Waals surface area contributed by atoms with Gasteiger partial charge in [0.1, 0.15) is 6.04 Å². The Morgan fingerprint density at radius 2 is 2.30 bits per heavy atom. The summed E-state index contributed by atoms with van der Waals surface area (Å²) in [6, 6.07) is 7.90. The third-order valence-electron chi connectivity index (χ3n) is 3.68. The first-order chi connectivity index (χ1) is 9.78. The van der Waals surface area contributed by atoms with Crippen LogP contribution in [0.15, 0.2) is 28.8 Å². The second-order valence-electron chi connectivity index (χ2n) is 5.18. The highest BCUT2D eigenvalue weighted by molar-refractivity contribution is 5.55. The lowest BCUT2D eigenvalue weighted by Gasteiger charge is -2.29. The summed E-state index contributed by atoms with van der Waals surface area (Å²) in [5.41, 5.74) is 2.09. The van der Waals surface area contributed by atoms with Crippen LogP contribution in [0.3, 0.4) is 0 Å². The Bertz CT molecular complexity index is 609. The zero-order chi connectivity index (χ0) is 13.9. The van der Waals surface area contributed by atoms with Crippen molar-refractivity contribution in [1.29, 1.82) is 0 Å². The number of aryl methyl sites for hydroxylation is 1. The summed E-state index contributed by atoms with van der Waals surface area (Å²) in [5.74, 6) is 1.12. The van der Waals surface area contributed by atoms with E-state index in [1.54, 1.807) is 4.90 Å². The fourth-order valence-corrected chi connectivity index (χ4v) is 2.62. The van der Waals surface area contributed by atoms with E-state index in [1.165, 1.54) is 0 Å². The molecular weight excluding hydrogens is 254 g/mol. The summed E-state index contributed by atoms with van der Waals surface area (Å²) in [7, 11) is 0. The highest BCUT2D eigenvalue weighted by atomic mass is 16.5. The quantitative estimate of drug-likeness (QED) is 0.805. The maximum atomic E-state index is 11.1. The first-order valence-electron chi connectivity index (χ1n) is 6.89. The van der Waals surface area contributed by atoms with Gasteiger partial charge in [-0.25, -0.2) is 0 Å².